The molecule has 1 aromatic carbocycles. The third-order valence-corrected chi connectivity index (χ3v) is 3.75. The highest BCUT2D eigenvalue weighted by Gasteiger charge is 2.35. The van der Waals surface area contributed by atoms with Gasteiger partial charge in [0.25, 0.3) is 0 Å². The molecule has 0 radical (unpaired) electrons. The summed E-state index contributed by atoms with van der Waals surface area (Å²) in [5.74, 6) is -1.63. The molecular formula is C16H20FNO3. The fraction of sp³-hybridized carbons (Fsp3) is 0.500. The largest absolute Gasteiger partial charge is 0.480 e. The van der Waals surface area contributed by atoms with Crippen molar-refractivity contribution < 1.29 is 19.1 Å². The zero-order valence-corrected chi connectivity index (χ0v) is 12.1. The van der Waals surface area contributed by atoms with Crippen LogP contribution in [0.4, 0.5) is 4.39 Å². The average molecular weight is 293 g/mol. The average Bonchev–Trinajstić information content (AvgIpc) is 3.26. The normalized spacial score (nSPS) is 15.5. The van der Waals surface area contributed by atoms with E-state index in [1.54, 1.807) is 13.0 Å². The molecule has 1 saturated carbocycles. The fourth-order valence-corrected chi connectivity index (χ4v) is 2.40. The highest BCUT2D eigenvalue weighted by molar-refractivity contribution is 5.83. The molecule has 1 aromatic rings. The quantitative estimate of drug-likeness (QED) is 0.840. The van der Waals surface area contributed by atoms with Crippen molar-refractivity contribution in [1.82, 2.24) is 4.90 Å². The molecule has 21 heavy (non-hydrogen) atoms. The maximum Gasteiger partial charge on any atom is 0.323 e. The lowest BCUT2D eigenvalue weighted by Gasteiger charge is -2.24. The first-order chi connectivity index (χ1) is 9.97. The molecule has 1 aliphatic rings. The Morgan fingerprint density at radius 1 is 1.43 bits per heavy atom. The van der Waals surface area contributed by atoms with Gasteiger partial charge < -0.3 is 10.0 Å². The van der Waals surface area contributed by atoms with Crippen LogP contribution in [-0.4, -0.2) is 34.5 Å². The van der Waals surface area contributed by atoms with Crippen LogP contribution in [0.1, 0.15) is 31.7 Å². The van der Waals surface area contributed by atoms with Gasteiger partial charge in [-0.25, -0.2) is 4.39 Å². The minimum absolute atomic E-state index is 0.0882. The second-order valence-electron chi connectivity index (χ2n) is 5.66. The Kier molecular flexibility index (Phi) is 4.94. The molecule has 2 rings (SSSR count). The number of carbonyl (C=O) groups is 2. The number of hydrogen-bond donors (Lipinski definition) is 1. The summed E-state index contributed by atoms with van der Waals surface area (Å²) in [4.78, 5) is 24.7. The number of halogens is 1. The summed E-state index contributed by atoms with van der Waals surface area (Å²) < 4.78 is 13.1. The van der Waals surface area contributed by atoms with Gasteiger partial charge in [-0.1, -0.05) is 19.1 Å². The standard InChI is InChI=1S/C16H20FNO3/c1-11(5-6-12-3-2-4-13(17)9-12)16(21)18(10-15(19)20)14-7-8-14/h2-4,9,11,14H,5-8,10H2,1H3,(H,19,20). The molecule has 114 valence electrons. The second kappa shape index (κ2) is 6.70. The molecular weight excluding hydrogens is 273 g/mol. The van der Waals surface area contributed by atoms with E-state index in [-0.39, 0.29) is 30.2 Å². The van der Waals surface area contributed by atoms with E-state index < -0.39 is 5.97 Å². The van der Waals surface area contributed by atoms with Crippen LogP contribution in [0, 0.1) is 11.7 Å². The van der Waals surface area contributed by atoms with E-state index in [1.165, 1.54) is 17.0 Å². The first-order valence-corrected chi connectivity index (χ1v) is 7.24. The number of carboxylic acids is 1. The molecule has 1 atom stereocenters. The van der Waals surface area contributed by atoms with Crippen LogP contribution in [0.5, 0.6) is 0 Å². The molecule has 0 bridgehead atoms. The van der Waals surface area contributed by atoms with Crippen molar-refractivity contribution in [2.45, 2.75) is 38.6 Å². The lowest BCUT2D eigenvalue weighted by molar-refractivity contribution is -0.146. The minimum atomic E-state index is -0.979. The second-order valence-corrected chi connectivity index (χ2v) is 5.66. The van der Waals surface area contributed by atoms with Crippen molar-refractivity contribution in [1.29, 1.82) is 0 Å². The number of nitrogens with zero attached hydrogens (tertiary/aromatic N) is 1. The van der Waals surface area contributed by atoms with Gasteiger partial charge in [-0.15, -0.1) is 0 Å². The number of aryl methyl sites for hydroxylation is 1. The molecule has 1 aliphatic carbocycles. The van der Waals surface area contributed by atoms with Crippen molar-refractivity contribution in [3.05, 3.63) is 35.6 Å². The summed E-state index contributed by atoms with van der Waals surface area (Å²) in [7, 11) is 0. The van der Waals surface area contributed by atoms with Gasteiger partial charge in [0.05, 0.1) is 0 Å². The third-order valence-electron chi connectivity index (χ3n) is 3.75. The van der Waals surface area contributed by atoms with Gasteiger partial charge in [0.1, 0.15) is 12.4 Å². The Morgan fingerprint density at radius 2 is 2.14 bits per heavy atom. The molecule has 1 N–H and O–H groups in total. The van der Waals surface area contributed by atoms with E-state index in [0.717, 1.165) is 18.4 Å². The van der Waals surface area contributed by atoms with Gasteiger partial charge in [0.15, 0.2) is 0 Å². The van der Waals surface area contributed by atoms with Gasteiger partial charge in [-0.2, -0.15) is 0 Å². The number of carboxylic acid groups (broad SMARTS) is 1. The SMILES string of the molecule is CC(CCc1cccc(F)c1)C(=O)N(CC(=O)O)C1CC1. The molecule has 0 heterocycles. The van der Waals surface area contributed by atoms with Crippen molar-refractivity contribution in [3.63, 3.8) is 0 Å². The summed E-state index contributed by atoms with van der Waals surface area (Å²) in [5.41, 5.74) is 0.853. The summed E-state index contributed by atoms with van der Waals surface area (Å²) in [5, 5.41) is 8.89. The van der Waals surface area contributed by atoms with Crippen LogP contribution < -0.4 is 0 Å². The number of benzene rings is 1. The Labute approximate surface area is 123 Å². The monoisotopic (exact) mass is 293 g/mol. The molecule has 1 unspecified atom stereocenters. The summed E-state index contributed by atoms with van der Waals surface area (Å²) in [6.45, 7) is 1.58. The fourth-order valence-electron chi connectivity index (χ4n) is 2.40. The lowest BCUT2D eigenvalue weighted by Crippen LogP contribution is -2.40. The summed E-state index contributed by atoms with van der Waals surface area (Å²) >= 11 is 0. The molecule has 5 heteroatoms. The van der Waals surface area contributed by atoms with E-state index in [0.29, 0.717) is 12.8 Å². The summed E-state index contributed by atoms with van der Waals surface area (Å²) in [6.07, 6.45) is 2.96. The lowest BCUT2D eigenvalue weighted by atomic mass is 9.99. The highest BCUT2D eigenvalue weighted by Crippen LogP contribution is 2.28. The summed E-state index contributed by atoms with van der Waals surface area (Å²) in [6, 6.07) is 6.42. The molecule has 1 fully saturated rings. The number of amides is 1. The Balaban J connectivity index is 1.90. The van der Waals surface area contributed by atoms with Crippen LogP contribution in [0.3, 0.4) is 0 Å². The van der Waals surface area contributed by atoms with E-state index in [9.17, 15) is 14.0 Å². The number of carbonyl (C=O) groups excluding carboxylic acids is 1. The van der Waals surface area contributed by atoms with Gasteiger partial charge in [0, 0.05) is 12.0 Å². The van der Waals surface area contributed by atoms with Gasteiger partial charge in [0.2, 0.25) is 5.91 Å². The molecule has 0 saturated heterocycles. The number of rotatable bonds is 7. The predicted octanol–water partition coefficient (Wildman–Crippen LogP) is 2.47. The third kappa shape index (κ3) is 4.55. The predicted molar refractivity (Wildman–Crippen MR) is 76.3 cm³/mol. The van der Waals surface area contributed by atoms with Gasteiger partial charge in [-0.3, -0.25) is 9.59 Å². The topological polar surface area (TPSA) is 57.6 Å². The minimum Gasteiger partial charge on any atom is -0.480 e. The zero-order chi connectivity index (χ0) is 15.4. The van der Waals surface area contributed by atoms with Crippen LogP contribution in [0.25, 0.3) is 0 Å². The first-order valence-electron chi connectivity index (χ1n) is 7.24. The van der Waals surface area contributed by atoms with Crippen LogP contribution >= 0.6 is 0 Å². The molecule has 1 amide bonds. The van der Waals surface area contributed by atoms with Crippen LogP contribution in [0.2, 0.25) is 0 Å². The van der Waals surface area contributed by atoms with Gasteiger partial charge in [-0.05, 0) is 43.4 Å². The Hall–Kier alpha value is -1.91. The highest BCUT2D eigenvalue weighted by atomic mass is 19.1. The molecule has 0 aromatic heterocycles. The molecule has 0 spiro atoms. The molecule has 0 aliphatic heterocycles. The van der Waals surface area contributed by atoms with Gasteiger partial charge >= 0.3 is 5.97 Å². The van der Waals surface area contributed by atoms with Crippen molar-refractivity contribution >= 4 is 11.9 Å². The smallest absolute Gasteiger partial charge is 0.323 e. The Bertz CT molecular complexity index is 528. The zero-order valence-electron chi connectivity index (χ0n) is 12.1. The molecule has 4 nitrogen and oxygen atoms in total. The van der Waals surface area contributed by atoms with E-state index in [4.69, 9.17) is 5.11 Å². The van der Waals surface area contributed by atoms with E-state index in [1.807, 2.05) is 6.07 Å². The van der Waals surface area contributed by atoms with Crippen molar-refractivity contribution in [3.8, 4) is 0 Å². The maximum absolute atomic E-state index is 13.1. The van der Waals surface area contributed by atoms with Crippen molar-refractivity contribution in [2.75, 3.05) is 6.54 Å². The van der Waals surface area contributed by atoms with Crippen LogP contribution in [-0.2, 0) is 16.0 Å². The van der Waals surface area contributed by atoms with E-state index in [2.05, 4.69) is 0 Å². The Morgan fingerprint density at radius 3 is 2.71 bits per heavy atom. The van der Waals surface area contributed by atoms with Crippen LogP contribution in [0.15, 0.2) is 24.3 Å². The van der Waals surface area contributed by atoms with Crippen molar-refractivity contribution in [2.24, 2.45) is 5.92 Å². The first kappa shape index (κ1) is 15.5. The van der Waals surface area contributed by atoms with E-state index >= 15 is 0 Å². The number of aliphatic carboxylic acids is 1. The number of hydrogen-bond acceptors (Lipinski definition) is 2. The maximum atomic E-state index is 13.1.